The fourth-order valence-electron chi connectivity index (χ4n) is 3.82. The molecule has 0 aliphatic carbocycles. The lowest BCUT2D eigenvalue weighted by atomic mass is 9.95. The Balaban J connectivity index is 1.90. The van der Waals surface area contributed by atoms with Gasteiger partial charge in [-0.1, -0.05) is 42.3 Å². The van der Waals surface area contributed by atoms with Gasteiger partial charge in [-0.25, -0.2) is 0 Å². The molecule has 130 valence electrons. The molecule has 0 radical (unpaired) electrons. The second-order valence-corrected chi connectivity index (χ2v) is 9.95. The molecule has 0 nitrogen and oxygen atoms in total. The first-order valence-electron chi connectivity index (χ1n) is 8.74. The van der Waals surface area contributed by atoms with Crippen LogP contribution in [0, 0.1) is 26.2 Å². The molecule has 0 bridgehead atoms. The number of rotatable bonds is 2. The van der Waals surface area contributed by atoms with Gasteiger partial charge in [0.1, 0.15) is 0 Å². The van der Waals surface area contributed by atoms with Crippen LogP contribution in [0.5, 0.6) is 0 Å². The van der Waals surface area contributed by atoms with E-state index in [1.165, 1.54) is 51.5 Å². The van der Waals surface area contributed by atoms with Crippen LogP contribution in [0.1, 0.15) is 15.3 Å². The van der Waals surface area contributed by atoms with Crippen molar-refractivity contribution in [1.82, 2.24) is 0 Å². The van der Waals surface area contributed by atoms with Crippen LogP contribution in [0.25, 0.3) is 41.7 Å². The van der Waals surface area contributed by atoms with Crippen LogP contribution in [0.3, 0.4) is 0 Å². The Bertz CT molecular complexity index is 1350. The Morgan fingerprint density at radius 3 is 1.93 bits per heavy atom. The van der Waals surface area contributed by atoms with Gasteiger partial charge in [0.25, 0.3) is 0 Å². The smallest absolute Gasteiger partial charge is 0.0452 e. The van der Waals surface area contributed by atoms with E-state index in [1.54, 1.807) is 11.3 Å². The molecule has 0 aliphatic heterocycles. The Morgan fingerprint density at radius 2 is 1.30 bits per heavy atom. The van der Waals surface area contributed by atoms with Gasteiger partial charge in [0.2, 0.25) is 0 Å². The SMILES string of the molecule is C#Cc1csc(-c2c(C)sc3ccccc23)c1-c1c(C)sc2ccccc12. The standard InChI is InChI=1S/C24H16S3/c1-4-16-13-25-24(22-15(3)27-20-12-8-6-10-18(20)22)23(16)21-14(2)26-19-11-7-5-9-17(19)21/h1,5-13H,2-3H3. The predicted octanol–water partition coefficient (Wildman–Crippen LogP) is 8.11. The first kappa shape index (κ1) is 16.8. The van der Waals surface area contributed by atoms with Crippen molar-refractivity contribution in [3.63, 3.8) is 0 Å². The fraction of sp³-hybridized carbons (Fsp3) is 0.0833. The molecule has 0 fully saturated rings. The van der Waals surface area contributed by atoms with Crippen molar-refractivity contribution in [3.05, 3.63) is 69.2 Å². The number of fused-ring (bicyclic) bond motifs is 2. The lowest BCUT2D eigenvalue weighted by Crippen LogP contribution is -1.85. The van der Waals surface area contributed by atoms with Crippen molar-refractivity contribution >= 4 is 54.2 Å². The Morgan fingerprint density at radius 1 is 0.741 bits per heavy atom. The highest BCUT2D eigenvalue weighted by atomic mass is 32.1. The van der Waals surface area contributed by atoms with Gasteiger partial charge >= 0.3 is 0 Å². The highest BCUT2D eigenvalue weighted by Gasteiger charge is 2.23. The van der Waals surface area contributed by atoms with Crippen molar-refractivity contribution in [1.29, 1.82) is 0 Å². The number of hydrogen-bond donors (Lipinski definition) is 0. The first-order valence-corrected chi connectivity index (χ1v) is 11.3. The van der Waals surface area contributed by atoms with E-state index in [0.29, 0.717) is 0 Å². The summed E-state index contributed by atoms with van der Waals surface area (Å²) in [6.07, 6.45) is 5.93. The van der Waals surface area contributed by atoms with Crippen molar-refractivity contribution < 1.29 is 0 Å². The quantitative estimate of drug-likeness (QED) is 0.262. The van der Waals surface area contributed by atoms with Gasteiger partial charge < -0.3 is 0 Å². The normalized spacial score (nSPS) is 11.3. The molecule has 0 saturated carbocycles. The third-order valence-electron chi connectivity index (χ3n) is 4.97. The molecule has 3 aromatic heterocycles. The van der Waals surface area contributed by atoms with E-state index in [-0.39, 0.29) is 0 Å². The van der Waals surface area contributed by atoms with Crippen LogP contribution < -0.4 is 0 Å². The molecular weight excluding hydrogens is 384 g/mol. The molecule has 5 rings (SSSR count). The van der Waals surface area contributed by atoms with E-state index in [1.807, 2.05) is 22.7 Å². The first-order chi connectivity index (χ1) is 13.2. The molecule has 0 spiro atoms. The highest BCUT2D eigenvalue weighted by molar-refractivity contribution is 7.21. The Kier molecular flexibility index (Phi) is 3.94. The summed E-state index contributed by atoms with van der Waals surface area (Å²) in [6, 6.07) is 17.3. The maximum absolute atomic E-state index is 5.93. The summed E-state index contributed by atoms with van der Waals surface area (Å²) in [7, 11) is 0. The highest BCUT2D eigenvalue weighted by Crippen LogP contribution is 2.50. The maximum atomic E-state index is 5.93. The average molecular weight is 401 g/mol. The van der Waals surface area contributed by atoms with E-state index < -0.39 is 0 Å². The number of aryl methyl sites for hydroxylation is 2. The summed E-state index contributed by atoms with van der Waals surface area (Å²) in [4.78, 5) is 3.97. The molecule has 27 heavy (non-hydrogen) atoms. The molecule has 3 heteroatoms. The second-order valence-electron chi connectivity index (χ2n) is 6.56. The zero-order chi connectivity index (χ0) is 18.5. The van der Waals surface area contributed by atoms with Gasteiger partial charge in [-0.3, -0.25) is 0 Å². The monoisotopic (exact) mass is 400 g/mol. The van der Waals surface area contributed by atoms with E-state index >= 15 is 0 Å². The number of terminal acetylenes is 1. The van der Waals surface area contributed by atoms with Gasteiger partial charge in [0, 0.05) is 62.4 Å². The minimum Gasteiger partial charge on any atom is -0.142 e. The van der Waals surface area contributed by atoms with Crippen molar-refractivity contribution in [2.45, 2.75) is 13.8 Å². The van der Waals surface area contributed by atoms with Crippen molar-refractivity contribution in [2.24, 2.45) is 0 Å². The van der Waals surface area contributed by atoms with Gasteiger partial charge in [-0.15, -0.1) is 40.4 Å². The Hall–Kier alpha value is -2.38. The van der Waals surface area contributed by atoms with Crippen LogP contribution in [-0.2, 0) is 0 Å². The number of thiophene rings is 3. The van der Waals surface area contributed by atoms with Crippen LogP contribution in [-0.4, -0.2) is 0 Å². The fourth-order valence-corrected chi connectivity index (χ4v) is 7.16. The van der Waals surface area contributed by atoms with Crippen LogP contribution in [0.15, 0.2) is 53.9 Å². The van der Waals surface area contributed by atoms with Gasteiger partial charge in [-0.05, 0) is 26.0 Å². The second kappa shape index (κ2) is 6.35. The van der Waals surface area contributed by atoms with E-state index in [2.05, 4.69) is 73.7 Å². The van der Waals surface area contributed by atoms with Crippen LogP contribution in [0.2, 0.25) is 0 Å². The predicted molar refractivity (Wildman–Crippen MR) is 123 cm³/mol. The molecule has 5 aromatic rings. The number of benzene rings is 2. The molecular formula is C24H16S3. The molecule has 0 aliphatic rings. The third kappa shape index (κ3) is 2.49. The summed E-state index contributed by atoms with van der Waals surface area (Å²) >= 11 is 5.48. The minimum absolute atomic E-state index is 0.997. The van der Waals surface area contributed by atoms with Crippen molar-refractivity contribution in [3.8, 4) is 33.9 Å². The molecule has 2 aromatic carbocycles. The lowest BCUT2D eigenvalue weighted by Gasteiger charge is -2.08. The lowest BCUT2D eigenvalue weighted by molar-refractivity contribution is 1.60. The minimum atomic E-state index is 0.997. The number of hydrogen-bond acceptors (Lipinski definition) is 3. The maximum Gasteiger partial charge on any atom is 0.0452 e. The molecule has 0 saturated heterocycles. The average Bonchev–Trinajstić information content (AvgIpc) is 3.32. The summed E-state index contributed by atoms with van der Waals surface area (Å²) in [5.41, 5.74) is 4.86. The third-order valence-corrected chi connectivity index (χ3v) is 8.14. The van der Waals surface area contributed by atoms with Gasteiger partial charge in [-0.2, -0.15) is 0 Å². The van der Waals surface area contributed by atoms with E-state index in [9.17, 15) is 0 Å². The van der Waals surface area contributed by atoms with Crippen LogP contribution >= 0.6 is 34.0 Å². The molecule has 0 atom stereocenters. The molecule has 3 heterocycles. The topological polar surface area (TPSA) is 0 Å². The largest absolute Gasteiger partial charge is 0.142 e. The van der Waals surface area contributed by atoms with E-state index in [0.717, 1.165) is 5.56 Å². The summed E-state index contributed by atoms with van der Waals surface area (Å²) in [6.45, 7) is 4.43. The molecule has 0 amide bonds. The molecule has 0 N–H and O–H groups in total. The summed E-state index contributed by atoms with van der Waals surface area (Å²) in [5.74, 6) is 2.94. The Labute approximate surface area is 170 Å². The van der Waals surface area contributed by atoms with Gasteiger partial charge in [0.05, 0.1) is 0 Å². The molecule has 0 unspecified atom stereocenters. The summed E-state index contributed by atoms with van der Waals surface area (Å²) < 4.78 is 2.65. The van der Waals surface area contributed by atoms with Crippen LogP contribution in [0.4, 0.5) is 0 Å². The van der Waals surface area contributed by atoms with Gasteiger partial charge in [0.15, 0.2) is 0 Å². The summed E-state index contributed by atoms with van der Waals surface area (Å²) in [5, 5.41) is 4.76. The van der Waals surface area contributed by atoms with Crippen molar-refractivity contribution in [2.75, 3.05) is 0 Å². The zero-order valence-corrected chi connectivity index (χ0v) is 17.4. The zero-order valence-electron chi connectivity index (χ0n) is 15.0. The van der Waals surface area contributed by atoms with E-state index in [4.69, 9.17) is 6.42 Å².